The highest BCUT2D eigenvalue weighted by Gasteiger charge is 2.27. The molecule has 1 aromatic heterocycles. The van der Waals surface area contributed by atoms with Crippen LogP contribution in [0.1, 0.15) is 11.6 Å². The standard InChI is InChI=1S/C19H20ClN3O2/c1-21-9-10-22(17(12-21)14-5-3-2-4-6-14)13-23-16-8-7-15(20)11-18(16)25-19(23)24/h2-8,11,17H,9-10,12-13H2,1H3. The number of hydrogen-bond acceptors (Lipinski definition) is 4. The fourth-order valence-corrected chi connectivity index (χ4v) is 3.64. The van der Waals surface area contributed by atoms with Crippen LogP contribution in [-0.4, -0.2) is 41.0 Å². The highest BCUT2D eigenvalue weighted by Crippen LogP contribution is 2.26. The molecule has 0 aliphatic carbocycles. The minimum Gasteiger partial charge on any atom is -0.408 e. The molecule has 1 saturated heterocycles. The third kappa shape index (κ3) is 3.23. The maximum Gasteiger partial charge on any atom is 0.421 e. The summed E-state index contributed by atoms with van der Waals surface area (Å²) in [4.78, 5) is 17.0. The predicted molar refractivity (Wildman–Crippen MR) is 98.9 cm³/mol. The number of fused-ring (bicyclic) bond motifs is 1. The highest BCUT2D eigenvalue weighted by molar-refractivity contribution is 6.31. The molecule has 25 heavy (non-hydrogen) atoms. The van der Waals surface area contributed by atoms with Crippen LogP contribution in [0, 0.1) is 0 Å². The lowest BCUT2D eigenvalue weighted by atomic mass is 10.0. The number of aromatic nitrogens is 1. The summed E-state index contributed by atoms with van der Waals surface area (Å²) >= 11 is 6.00. The lowest BCUT2D eigenvalue weighted by Crippen LogP contribution is -2.47. The molecule has 1 atom stereocenters. The van der Waals surface area contributed by atoms with Crippen LogP contribution in [0.25, 0.3) is 11.1 Å². The maximum atomic E-state index is 12.3. The Labute approximate surface area is 151 Å². The van der Waals surface area contributed by atoms with E-state index in [0.29, 0.717) is 17.3 Å². The van der Waals surface area contributed by atoms with Crippen LogP contribution in [0.4, 0.5) is 0 Å². The van der Waals surface area contributed by atoms with E-state index in [0.717, 1.165) is 25.2 Å². The van der Waals surface area contributed by atoms with Gasteiger partial charge >= 0.3 is 5.76 Å². The topological polar surface area (TPSA) is 41.6 Å². The molecule has 130 valence electrons. The van der Waals surface area contributed by atoms with Gasteiger partial charge in [0.2, 0.25) is 0 Å². The number of oxazole rings is 1. The van der Waals surface area contributed by atoms with Gasteiger partial charge in [-0.15, -0.1) is 0 Å². The van der Waals surface area contributed by atoms with E-state index in [4.69, 9.17) is 16.0 Å². The van der Waals surface area contributed by atoms with Gasteiger partial charge in [0.25, 0.3) is 0 Å². The Balaban J connectivity index is 1.69. The van der Waals surface area contributed by atoms with Crippen LogP contribution < -0.4 is 5.76 Å². The first-order valence-corrected chi connectivity index (χ1v) is 8.76. The summed E-state index contributed by atoms with van der Waals surface area (Å²) in [6.45, 7) is 3.30. The number of piperazine rings is 1. The zero-order valence-corrected chi connectivity index (χ0v) is 14.8. The van der Waals surface area contributed by atoms with Crippen molar-refractivity contribution in [1.29, 1.82) is 0 Å². The normalized spacial score (nSPS) is 19.5. The van der Waals surface area contributed by atoms with Crippen molar-refractivity contribution in [3.63, 3.8) is 0 Å². The van der Waals surface area contributed by atoms with Gasteiger partial charge in [0.15, 0.2) is 5.58 Å². The molecule has 6 heteroatoms. The SMILES string of the molecule is CN1CCN(Cn2c(=O)oc3cc(Cl)ccc32)C(c2ccccc2)C1. The highest BCUT2D eigenvalue weighted by atomic mass is 35.5. The molecular weight excluding hydrogens is 338 g/mol. The number of rotatable bonds is 3. The second-order valence-corrected chi connectivity index (χ2v) is 6.99. The molecule has 4 rings (SSSR count). The Morgan fingerprint density at radius 2 is 1.96 bits per heavy atom. The quantitative estimate of drug-likeness (QED) is 0.722. The summed E-state index contributed by atoms with van der Waals surface area (Å²) in [5, 5.41) is 0.565. The van der Waals surface area contributed by atoms with Gasteiger partial charge in [-0.1, -0.05) is 41.9 Å². The van der Waals surface area contributed by atoms with Gasteiger partial charge < -0.3 is 9.32 Å². The van der Waals surface area contributed by atoms with Crippen molar-refractivity contribution in [2.75, 3.05) is 26.7 Å². The molecule has 0 spiro atoms. The number of hydrogen-bond donors (Lipinski definition) is 0. The van der Waals surface area contributed by atoms with Crippen molar-refractivity contribution >= 4 is 22.7 Å². The number of likely N-dealkylation sites (N-methyl/N-ethyl adjacent to an activating group) is 1. The summed E-state index contributed by atoms with van der Waals surface area (Å²) in [5.74, 6) is -0.344. The zero-order valence-electron chi connectivity index (χ0n) is 14.1. The van der Waals surface area contributed by atoms with E-state index in [2.05, 4.69) is 41.1 Å². The molecular formula is C19H20ClN3O2. The van der Waals surface area contributed by atoms with E-state index in [1.165, 1.54) is 5.56 Å². The first-order valence-electron chi connectivity index (χ1n) is 8.38. The summed E-state index contributed by atoms with van der Waals surface area (Å²) in [6, 6.07) is 16.0. The van der Waals surface area contributed by atoms with E-state index in [1.54, 1.807) is 16.7 Å². The van der Waals surface area contributed by atoms with Gasteiger partial charge in [0, 0.05) is 36.8 Å². The second-order valence-electron chi connectivity index (χ2n) is 6.55. The average molecular weight is 358 g/mol. The molecule has 0 bridgehead atoms. The molecule has 2 heterocycles. The molecule has 3 aromatic rings. The van der Waals surface area contributed by atoms with Crippen LogP contribution >= 0.6 is 11.6 Å². The van der Waals surface area contributed by atoms with E-state index >= 15 is 0 Å². The molecule has 0 radical (unpaired) electrons. The van der Waals surface area contributed by atoms with Crippen LogP contribution in [0.2, 0.25) is 5.02 Å². The maximum absolute atomic E-state index is 12.3. The average Bonchev–Trinajstić information content (AvgIpc) is 2.91. The van der Waals surface area contributed by atoms with E-state index in [-0.39, 0.29) is 11.8 Å². The molecule has 0 amide bonds. The number of benzene rings is 2. The fraction of sp³-hybridized carbons (Fsp3) is 0.316. The summed E-state index contributed by atoms with van der Waals surface area (Å²) < 4.78 is 7.06. The van der Waals surface area contributed by atoms with Crippen LogP contribution in [0.5, 0.6) is 0 Å². The largest absolute Gasteiger partial charge is 0.421 e. The van der Waals surface area contributed by atoms with E-state index < -0.39 is 0 Å². The lowest BCUT2D eigenvalue weighted by molar-refractivity contribution is 0.0621. The third-order valence-electron chi connectivity index (χ3n) is 4.83. The molecule has 2 aromatic carbocycles. The summed E-state index contributed by atoms with van der Waals surface area (Å²) in [7, 11) is 2.13. The molecule has 1 fully saturated rings. The van der Waals surface area contributed by atoms with Crippen LogP contribution in [0.15, 0.2) is 57.7 Å². The Hall–Kier alpha value is -2.08. The lowest BCUT2D eigenvalue weighted by Gasteiger charge is -2.40. The van der Waals surface area contributed by atoms with Crippen LogP contribution in [0.3, 0.4) is 0 Å². The van der Waals surface area contributed by atoms with E-state index in [1.807, 2.05) is 12.1 Å². The minimum absolute atomic E-state index is 0.240. The zero-order chi connectivity index (χ0) is 17.4. The minimum atomic E-state index is -0.344. The van der Waals surface area contributed by atoms with Crippen LogP contribution in [-0.2, 0) is 6.67 Å². The Morgan fingerprint density at radius 1 is 1.16 bits per heavy atom. The second kappa shape index (κ2) is 6.67. The van der Waals surface area contributed by atoms with Gasteiger partial charge in [0.05, 0.1) is 12.2 Å². The van der Waals surface area contributed by atoms with Crippen molar-refractivity contribution in [2.24, 2.45) is 0 Å². The Kier molecular flexibility index (Phi) is 4.37. The molecule has 5 nitrogen and oxygen atoms in total. The van der Waals surface area contributed by atoms with Gasteiger partial charge in [-0.05, 0) is 24.7 Å². The van der Waals surface area contributed by atoms with Crippen molar-refractivity contribution in [2.45, 2.75) is 12.7 Å². The molecule has 1 unspecified atom stereocenters. The van der Waals surface area contributed by atoms with Gasteiger partial charge in [-0.3, -0.25) is 9.47 Å². The van der Waals surface area contributed by atoms with Crippen molar-refractivity contribution < 1.29 is 4.42 Å². The predicted octanol–water partition coefficient (Wildman–Crippen LogP) is 3.19. The van der Waals surface area contributed by atoms with Crippen molar-refractivity contribution in [3.8, 4) is 0 Å². The Morgan fingerprint density at radius 3 is 2.76 bits per heavy atom. The first-order chi connectivity index (χ1) is 12.1. The van der Waals surface area contributed by atoms with Crippen molar-refractivity contribution in [1.82, 2.24) is 14.4 Å². The summed E-state index contributed by atoms with van der Waals surface area (Å²) in [5.41, 5.74) is 2.57. The fourth-order valence-electron chi connectivity index (χ4n) is 3.47. The monoisotopic (exact) mass is 357 g/mol. The smallest absolute Gasteiger partial charge is 0.408 e. The van der Waals surface area contributed by atoms with Gasteiger partial charge in [-0.25, -0.2) is 4.79 Å². The van der Waals surface area contributed by atoms with Crippen molar-refractivity contribution in [3.05, 3.63) is 69.7 Å². The number of nitrogens with zero attached hydrogens (tertiary/aromatic N) is 3. The molecule has 0 saturated carbocycles. The third-order valence-corrected chi connectivity index (χ3v) is 5.07. The first kappa shape index (κ1) is 16.4. The van der Waals surface area contributed by atoms with E-state index in [9.17, 15) is 4.79 Å². The summed E-state index contributed by atoms with van der Waals surface area (Å²) in [6.07, 6.45) is 0. The Bertz CT molecular complexity index is 935. The molecule has 0 N–H and O–H groups in total. The molecule has 1 aliphatic heterocycles. The molecule has 1 aliphatic rings. The van der Waals surface area contributed by atoms with Gasteiger partial charge in [-0.2, -0.15) is 0 Å². The number of halogens is 1. The van der Waals surface area contributed by atoms with Gasteiger partial charge in [0.1, 0.15) is 0 Å².